The normalized spacial score (nSPS) is 18.8. The summed E-state index contributed by atoms with van der Waals surface area (Å²) in [5.41, 5.74) is 1.99. The molecule has 1 aliphatic heterocycles. The van der Waals surface area contributed by atoms with Gasteiger partial charge in [0.25, 0.3) is 0 Å². The first-order chi connectivity index (χ1) is 9.56. The minimum Gasteiger partial charge on any atom is -0.324 e. The summed E-state index contributed by atoms with van der Waals surface area (Å²) in [4.78, 5) is 13.2. The maximum Gasteiger partial charge on any atom is 0.246 e. The summed E-state index contributed by atoms with van der Waals surface area (Å²) < 4.78 is 1.07. The van der Waals surface area contributed by atoms with Crippen molar-refractivity contribution in [3.8, 4) is 0 Å². The van der Waals surface area contributed by atoms with Gasteiger partial charge in [-0.1, -0.05) is 20.8 Å². The van der Waals surface area contributed by atoms with Gasteiger partial charge in [0.2, 0.25) is 5.91 Å². The number of carbonyl (C=O) groups is 1. The molecule has 5 heteroatoms. The zero-order chi connectivity index (χ0) is 14.7. The van der Waals surface area contributed by atoms with Crippen LogP contribution < -0.4 is 10.6 Å². The van der Waals surface area contributed by atoms with E-state index in [0.29, 0.717) is 5.25 Å². The van der Waals surface area contributed by atoms with Gasteiger partial charge in [0.1, 0.15) is 6.04 Å². The fourth-order valence-electron chi connectivity index (χ4n) is 2.14. The molecule has 20 heavy (non-hydrogen) atoms. The topological polar surface area (TPSA) is 41.1 Å². The molecule has 0 saturated heterocycles. The van der Waals surface area contributed by atoms with Crippen LogP contribution in [0.15, 0.2) is 21.5 Å². The molecule has 3 nitrogen and oxygen atoms in total. The first-order valence-electron chi connectivity index (χ1n) is 7.11. The SMILES string of the molecule is CCCNC1C(=O)Nc2cc(SC(C)CC)c(Br)cc21. The number of rotatable bonds is 6. The van der Waals surface area contributed by atoms with Crippen LogP contribution in [0, 0.1) is 0 Å². The Morgan fingerprint density at radius 1 is 1.45 bits per heavy atom. The molecule has 0 fully saturated rings. The molecule has 0 bridgehead atoms. The molecule has 0 aromatic heterocycles. The first-order valence-corrected chi connectivity index (χ1v) is 8.78. The smallest absolute Gasteiger partial charge is 0.246 e. The van der Waals surface area contributed by atoms with Crippen LogP contribution in [-0.2, 0) is 4.79 Å². The summed E-state index contributed by atoms with van der Waals surface area (Å²) in [5, 5.41) is 6.84. The molecule has 110 valence electrons. The van der Waals surface area contributed by atoms with Gasteiger partial charge in [0, 0.05) is 25.9 Å². The third kappa shape index (κ3) is 3.38. The number of thioether (sulfide) groups is 1. The Kier molecular flexibility index (Phi) is 5.52. The molecule has 0 radical (unpaired) electrons. The van der Waals surface area contributed by atoms with Gasteiger partial charge >= 0.3 is 0 Å². The van der Waals surface area contributed by atoms with E-state index in [2.05, 4.69) is 59.5 Å². The Hall–Kier alpha value is -0.520. The Labute approximate surface area is 133 Å². The highest BCUT2D eigenvalue weighted by atomic mass is 79.9. The van der Waals surface area contributed by atoms with E-state index in [1.165, 1.54) is 4.90 Å². The number of hydrogen-bond donors (Lipinski definition) is 2. The molecule has 1 aliphatic rings. The number of anilines is 1. The van der Waals surface area contributed by atoms with Crippen LogP contribution in [-0.4, -0.2) is 17.7 Å². The molecule has 0 saturated carbocycles. The average molecular weight is 357 g/mol. The Morgan fingerprint density at radius 2 is 2.20 bits per heavy atom. The molecule has 1 amide bonds. The number of fused-ring (bicyclic) bond motifs is 1. The zero-order valence-electron chi connectivity index (χ0n) is 12.1. The van der Waals surface area contributed by atoms with Gasteiger partial charge in [-0.05, 0) is 47.4 Å². The predicted molar refractivity (Wildman–Crippen MR) is 89.4 cm³/mol. The number of nitrogens with one attached hydrogen (secondary N) is 2. The second-order valence-electron chi connectivity index (χ2n) is 5.08. The lowest BCUT2D eigenvalue weighted by Gasteiger charge is -2.14. The van der Waals surface area contributed by atoms with Crippen LogP contribution >= 0.6 is 27.7 Å². The summed E-state index contributed by atoms with van der Waals surface area (Å²) in [6, 6.07) is 3.94. The molecule has 0 spiro atoms. The van der Waals surface area contributed by atoms with E-state index in [9.17, 15) is 4.79 Å². The summed E-state index contributed by atoms with van der Waals surface area (Å²) >= 11 is 5.47. The van der Waals surface area contributed by atoms with Crippen molar-refractivity contribution in [2.75, 3.05) is 11.9 Å². The lowest BCUT2D eigenvalue weighted by molar-refractivity contribution is -0.117. The van der Waals surface area contributed by atoms with Crippen molar-refractivity contribution < 1.29 is 4.79 Å². The lowest BCUT2D eigenvalue weighted by Crippen LogP contribution is -2.28. The average Bonchev–Trinajstić information content (AvgIpc) is 2.72. The summed E-state index contributed by atoms with van der Waals surface area (Å²) in [6.07, 6.45) is 2.14. The Morgan fingerprint density at radius 3 is 2.85 bits per heavy atom. The van der Waals surface area contributed by atoms with Gasteiger partial charge in [-0.25, -0.2) is 0 Å². The molecule has 1 heterocycles. The van der Waals surface area contributed by atoms with Crippen LogP contribution in [0.25, 0.3) is 0 Å². The summed E-state index contributed by atoms with van der Waals surface area (Å²) in [5.74, 6) is 0.0473. The van der Waals surface area contributed by atoms with Gasteiger partial charge in [0.05, 0.1) is 0 Å². The van der Waals surface area contributed by atoms with Crippen molar-refractivity contribution in [3.05, 3.63) is 22.2 Å². The van der Waals surface area contributed by atoms with Crippen LogP contribution in [0.3, 0.4) is 0 Å². The van der Waals surface area contributed by atoms with Crippen molar-refractivity contribution in [2.45, 2.75) is 49.8 Å². The van der Waals surface area contributed by atoms with Gasteiger partial charge in [0.15, 0.2) is 0 Å². The van der Waals surface area contributed by atoms with E-state index in [1.807, 2.05) is 11.8 Å². The molecule has 2 unspecified atom stereocenters. The van der Waals surface area contributed by atoms with E-state index in [1.54, 1.807) is 0 Å². The maximum absolute atomic E-state index is 12.0. The third-order valence-corrected chi connectivity index (χ3v) is 5.68. The molecule has 2 atom stereocenters. The highest BCUT2D eigenvalue weighted by Gasteiger charge is 2.30. The van der Waals surface area contributed by atoms with Gasteiger partial charge in [-0.2, -0.15) is 0 Å². The standard InChI is InChI=1S/C15H21BrN2OS/c1-4-6-17-14-10-7-11(16)13(20-9(3)5-2)8-12(10)18-15(14)19/h7-9,14,17H,4-6H2,1-3H3,(H,18,19). The third-order valence-electron chi connectivity index (χ3n) is 3.44. The molecule has 1 aromatic rings. The van der Waals surface area contributed by atoms with E-state index >= 15 is 0 Å². The van der Waals surface area contributed by atoms with Crippen molar-refractivity contribution >= 4 is 39.3 Å². The van der Waals surface area contributed by atoms with Crippen LogP contribution in [0.5, 0.6) is 0 Å². The van der Waals surface area contributed by atoms with Crippen LogP contribution in [0.1, 0.15) is 45.2 Å². The minimum atomic E-state index is -0.219. The van der Waals surface area contributed by atoms with Gasteiger partial charge < -0.3 is 10.6 Å². The van der Waals surface area contributed by atoms with Crippen LogP contribution in [0.4, 0.5) is 5.69 Å². The van der Waals surface area contributed by atoms with Crippen molar-refractivity contribution in [2.24, 2.45) is 0 Å². The van der Waals surface area contributed by atoms with Gasteiger partial charge in [-0.3, -0.25) is 4.79 Å². The van der Waals surface area contributed by atoms with E-state index in [-0.39, 0.29) is 11.9 Å². The highest BCUT2D eigenvalue weighted by Crippen LogP contribution is 2.40. The van der Waals surface area contributed by atoms with Crippen molar-refractivity contribution in [1.82, 2.24) is 5.32 Å². The minimum absolute atomic E-state index is 0.0473. The van der Waals surface area contributed by atoms with Crippen molar-refractivity contribution in [1.29, 1.82) is 0 Å². The number of benzene rings is 1. The lowest BCUT2D eigenvalue weighted by atomic mass is 10.1. The number of halogens is 1. The molecular formula is C15H21BrN2OS. The second-order valence-corrected chi connectivity index (χ2v) is 7.42. The first kappa shape index (κ1) is 15.9. The molecule has 2 rings (SSSR count). The molecule has 2 N–H and O–H groups in total. The summed E-state index contributed by atoms with van der Waals surface area (Å²) in [6.45, 7) is 7.35. The monoisotopic (exact) mass is 356 g/mol. The molecular weight excluding hydrogens is 336 g/mol. The van der Waals surface area contributed by atoms with E-state index in [0.717, 1.165) is 35.1 Å². The Balaban J connectivity index is 2.25. The fraction of sp³-hybridized carbons (Fsp3) is 0.533. The quantitative estimate of drug-likeness (QED) is 0.745. The maximum atomic E-state index is 12.0. The van der Waals surface area contributed by atoms with E-state index in [4.69, 9.17) is 0 Å². The number of hydrogen-bond acceptors (Lipinski definition) is 3. The Bertz CT molecular complexity index is 507. The van der Waals surface area contributed by atoms with Crippen molar-refractivity contribution in [3.63, 3.8) is 0 Å². The fourth-order valence-corrected chi connectivity index (χ4v) is 3.74. The summed E-state index contributed by atoms with van der Waals surface area (Å²) in [7, 11) is 0. The second kappa shape index (κ2) is 6.96. The van der Waals surface area contributed by atoms with E-state index < -0.39 is 0 Å². The zero-order valence-corrected chi connectivity index (χ0v) is 14.5. The predicted octanol–water partition coefficient (Wildman–Crippen LogP) is 4.33. The van der Waals surface area contributed by atoms with Crippen LogP contribution in [0.2, 0.25) is 0 Å². The number of amides is 1. The number of carbonyl (C=O) groups excluding carboxylic acids is 1. The molecule has 0 aliphatic carbocycles. The molecule has 1 aromatic carbocycles. The largest absolute Gasteiger partial charge is 0.324 e. The highest BCUT2D eigenvalue weighted by molar-refractivity contribution is 9.10. The van der Waals surface area contributed by atoms with Gasteiger partial charge in [-0.15, -0.1) is 11.8 Å².